The van der Waals surface area contributed by atoms with Gasteiger partial charge >= 0.3 is 5.97 Å². The molecule has 0 radical (unpaired) electrons. The van der Waals surface area contributed by atoms with E-state index in [2.05, 4.69) is 5.32 Å². The molecule has 0 aliphatic rings. The normalized spacial score (nSPS) is 11.7. The van der Waals surface area contributed by atoms with Gasteiger partial charge in [0.2, 0.25) is 0 Å². The molecule has 0 spiro atoms. The molecule has 0 aliphatic heterocycles. The molecule has 6 nitrogen and oxygen atoms in total. The van der Waals surface area contributed by atoms with E-state index < -0.39 is 18.0 Å². The van der Waals surface area contributed by atoms with Gasteiger partial charge in [-0.15, -0.1) is 0 Å². The van der Waals surface area contributed by atoms with Crippen molar-refractivity contribution in [1.82, 2.24) is 0 Å². The number of anilines is 1. The summed E-state index contributed by atoms with van der Waals surface area (Å²) in [6.07, 6.45) is 1.18. The first kappa shape index (κ1) is 18.3. The topological polar surface area (TPSA) is 82.3 Å². The minimum Gasteiger partial charge on any atom is -0.619 e. The van der Waals surface area contributed by atoms with E-state index in [-0.39, 0.29) is 21.3 Å². The zero-order valence-electron chi connectivity index (χ0n) is 12.3. The Bertz CT molecular complexity index is 758. The number of carbonyl (C=O) groups is 2. The second kappa shape index (κ2) is 7.70. The van der Waals surface area contributed by atoms with Gasteiger partial charge in [0.05, 0.1) is 21.3 Å². The SMILES string of the molecule is C[C@H](OC(=O)c1cc[n+]([O-])cc1)C(=O)Nc1c(Cl)cc(Cl)cc1Cl. The maximum Gasteiger partial charge on any atom is 0.339 e. The molecule has 0 fully saturated rings. The number of rotatable bonds is 4. The highest BCUT2D eigenvalue weighted by atomic mass is 35.5. The largest absolute Gasteiger partial charge is 0.619 e. The second-order valence-electron chi connectivity index (χ2n) is 4.73. The van der Waals surface area contributed by atoms with Gasteiger partial charge in [0.25, 0.3) is 5.91 Å². The molecule has 1 heterocycles. The number of esters is 1. The molecule has 1 N–H and O–H groups in total. The van der Waals surface area contributed by atoms with Gasteiger partial charge in [-0.3, -0.25) is 4.79 Å². The fourth-order valence-corrected chi connectivity index (χ4v) is 2.63. The molecule has 0 aliphatic carbocycles. The highest BCUT2D eigenvalue weighted by Gasteiger charge is 2.21. The average molecular weight is 390 g/mol. The summed E-state index contributed by atoms with van der Waals surface area (Å²) in [6.45, 7) is 1.39. The van der Waals surface area contributed by atoms with E-state index in [9.17, 15) is 14.8 Å². The van der Waals surface area contributed by atoms with Crippen LogP contribution >= 0.6 is 34.8 Å². The van der Waals surface area contributed by atoms with E-state index in [1.807, 2.05) is 0 Å². The number of amides is 1. The minimum absolute atomic E-state index is 0.143. The third-order valence-electron chi connectivity index (χ3n) is 2.95. The van der Waals surface area contributed by atoms with Crippen molar-refractivity contribution in [1.29, 1.82) is 0 Å². The maximum atomic E-state index is 12.1. The number of halogens is 3. The minimum atomic E-state index is -1.11. The van der Waals surface area contributed by atoms with E-state index in [0.29, 0.717) is 9.75 Å². The van der Waals surface area contributed by atoms with Crippen molar-refractivity contribution in [2.75, 3.05) is 5.32 Å². The number of hydrogen-bond donors (Lipinski definition) is 1. The van der Waals surface area contributed by atoms with Crippen LogP contribution in [-0.2, 0) is 9.53 Å². The quantitative estimate of drug-likeness (QED) is 0.493. The highest BCUT2D eigenvalue weighted by molar-refractivity contribution is 6.42. The number of nitrogens with one attached hydrogen (secondary N) is 1. The summed E-state index contributed by atoms with van der Waals surface area (Å²) in [7, 11) is 0. The second-order valence-corrected chi connectivity index (χ2v) is 5.98. The third-order valence-corrected chi connectivity index (χ3v) is 3.76. The zero-order valence-corrected chi connectivity index (χ0v) is 14.5. The lowest BCUT2D eigenvalue weighted by Gasteiger charge is -2.15. The first-order chi connectivity index (χ1) is 11.3. The Labute approximate surface area is 152 Å². The Balaban J connectivity index is 2.05. The number of aromatic nitrogens is 1. The van der Waals surface area contributed by atoms with Crippen LogP contribution in [0.1, 0.15) is 17.3 Å². The molecule has 0 bridgehead atoms. The molecule has 24 heavy (non-hydrogen) atoms. The number of carbonyl (C=O) groups excluding carboxylic acids is 2. The maximum absolute atomic E-state index is 12.1. The first-order valence-corrected chi connectivity index (χ1v) is 7.76. The Morgan fingerprint density at radius 3 is 2.25 bits per heavy atom. The van der Waals surface area contributed by atoms with Gasteiger partial charge in [-0.25, -0.2) is 4.79 Å². The van der Waals surface area contributed by atoms with Crippen LogP contribution in [0.4, 0.5) is 5.69 Å². The molecule has 1 aromatic carbocycles. The van der Waals surface area contributed by atoms with Crippen LogP contribution in [0.2, 0.25) is 15.1 Å². The van der Waals surface area contributed by atoms with Crippen molar-refractivity contribution in [2.45, 2.75) is 13.0 Å². The van der Waals surface area contributed by atoms with Crippen LogP contribution in [0.5, 0.6) is 0 Å². The molecule has 9 heteroatoms. The van der Waals surface area contributed by atoms with Crippen LogP contribution in [-0.4, -0.2) is 18.0 Å². The van der Waals surface area contributed by atoms with Crippen molar-refractivity contribution in [3.05, 3.63) is 62.5 Å². The third kappa shape index (κ3) is 4.50. The first-order valence-electron chi connectivity index (χ1n) is 6.63. The van der Waals surface area contributed by atoms with Gasteiger partial charge in [-0.05, 0) is 19.1 Å². The lowest BCUT2D eigenvalue weighted by atomic mass is 10.2. The van der Waals surface area contributed by atoms with Crippen LogP contribution in [0, 0.1) is 5.21 Å². The predicted molar refractivity (Wildman–Crippen MR) is 90.4 cm³/mol. The summed E-state index contributed by atoms with van der Waals surface area (Å²) in [6, 6.07) is 5.41. The van der Waals surface area contributed by atoms with Crippen LogP contribution in [0.25, 0.3) is 0 Å². The number of pyridine rings is 1. The van der Waals surface area contributed by atoms with Gasteiger partial charge in [0.1, 0.15) is 0 Å². The van der Waals surface area contributed by atoms with Crippen molar-refractivity contribution in [2.24, 2.45) is 0 Å². The molecular weight excluding hydrogens is 379 g/mol. The lowest BCUT2D eigenvalue weighted by molar-refractivity contribution is -0.605. The molecule has 126 valence electrons. The fraction of sp³-hybridized carbons (Fsp3) is 0.133. The van der Waals surface area contributed by atoms with Gasteiger partial charge in [-0.2, -0.15) is 4.73 Å². The van der Waals surface area contributed by atoms with Crippen molar-refractivity contribution < 1.29 is 19.1 Å². The van der Waals surface area contributed by atoms with Crippen molar-refractivity contribution in [3.63, 3.8) is 0 Å². The van der Waals surface area contributed by atoms with Crippen LogP contribution in [0.15, 0.2) is 36.7 Å². The summed E-state index contributed by atoms with van der Waals surface area (Å²) in [5, 5.41) is 14.0. The molecular formula is C15H11Cl3N2O4. The van der Waals surface area contributed by atoms with E-state index in [4.69, 9.17) is 39.5 Å². The standard InChI is InChI=1S/C15H11Cl3N2O4/c1-8(24-15(22)9-2-4-20(23)5-3-9)14(21)19-13-11(17)6-10(16)7-12(13)18/h2-8H,1H3,(H,19,21)/t8-/m0/s1. The fourth-order valence-electron chi connectivity index (χ4n) is 1.72. The Hall–Kier alpha value is -2.02. The van der Waals surface area contributed by atoms with Crippen molar-refractivity contribution in [3.8, 4) is 0 Å². The molecule has 0 unspecified atom stereocenters. The van der Waals surface area contributed by atoms with Gasteiger partial charge in [0.15, 0.2) is 18.5 Å². The molecule has 1 amide bonds. The van der Waals surface area contributed by atoms with E-state index >= 15 is 0 Å². The lowest BCUT2D eigenvalue weighted by Crippen LogP contribution is -2.30. The van der Waals surface area contributed by atoms with E-state index in [1.54, 1.807) is 0 Å². The molecule has 0 saturated heterocycles. The average Bonchev–Trinajstić information content (AvgIpc) is 2.51. The smallest absolute Gasteiger partial charge is 0.339 e. The Kier molecular flexibility index (Phi) is 5.88. The summed E-state index contributed by atoms with van der Waals surface area (Å²) < 4.78 is 5.56. The van der Waals surface area contributed by atoms with Crippen molar-refractivity contribution >= 4 is 52.4 Å². The molecule has 2 aromatic rings. The van der Waals surface area contributed by atoms with Crippen LogP contribution < -0.4 is 10.0 Å². The number of benzene rings is 1. The number of nitrogens with zero attached hydrogens (tertiary/aromatic N) is 1. The summed E-state index contributed by atoms with van der Waals surface area (Å²) in [4.78, 5) is 24.0. The van der Waals surface area contributed by atoms with E-state index in [0.717, 1.165) is 12.4 Å². The van der Waals surface area contributed by atoms with Crippen LogP contribution in [0.3, 0.4) is 0 Å². The summed E-state index contributed by atoms with van der Waals surface area (Å²) >= 11 is 17.7. The Morgan fingerprint density at radius 2 is 1.71 bits per heavy atom. The molecule has 2 rings (SSSR count). The number of ether oxygens (including phenoxy) is 1. The molecule has 1 atom stereocenters. The highest BCUT2D eigenvalue weighted by Crippen LogP contribution is 2.33. The van der Waals surface area contributed by atoms with E-state index in [1.165, 1.54) is 31.2 Å². The number of hydrogen-bond acceptors (Lipinski definition) is 4. The van der Waals surface area contributed by atoms with Gasteiger partial charge < -0.3 is 15.3 Å². The predicted octanol–water partition coefficient (Wildman–Crippen LogP) is 3.46. The summed E-state index contributed by atoms with van der Waals surface area (Å²) in [5.74, 6) is -1.36. The Morgan fingerprint density at radius 1 is 1.17 bits per heavy atom. The molecule has 1 aromatic heterocycles. The summed E-state index contributed by atoms with van der Waals surface area (Å²) in [5.41, 5.74) is 0.312. The zero-order chi connectivity index (χ0) is 17.9. The monoisotopic (exact) mass is 388 g/mol. The van der Waals surface area contributed by atoms with Gasteiger partial charge in [-0.1, -0.05) is 34.8 Å². The molecule has 0 saturated carbocycles. The van der Waals surface area contributed by atoms with Gasteiger partial charge in [0, 0.05) is 17.2 Å².